The Labute approximate surface area is 108 Å². The van der Waals surface area contributed by atoms with Crippen LogP contribution in [0.5, 0.6) is 0 Å². The molecule has 1 aromatic rings. The van der Waals surface area contributed by atoms with Crippen LogP contribution in [0.3, 0.4) is 0 Å². The average Bonchev–Trinajstić information content (AvgIpc) is 2.39. The van der Waals surface area contributed by atoms with E-state index in [1.165, 1.54) is 6.42 Å². The van der Waals surface area contributed by atoms with Gasteiger partial charge in [0, 0.05) is 6.04 Å². The molecule has 1 heterocycles. The van der Waals surface area contributed by atoms with Gasteiger partial charge in [-0.25, -0.2) is 0 Å². The van der Waals surface area contributed by atoms with Crippen molar-refractivity contribution in [2.45, 2.75) is 38.3 Å². The number of hydrogen-bond acceptors (Lipinski definition) is 3. The molecule has 3 unspecified atom stereocenters. The molecule has 3 atom stereocenters. The van der Waals surface area contributed by atoms with Gasteiger partial charge >= 0.3 is 0 Å². The van der Waals surface area contributed by atoms with Gasteiger partial charge in [0.1, 0.15) is 0 Å². The van der Waals surface area contributed by atoms with Gasteiger partial charge in [-0.3, -0.25) is 0 Å². The van der Waals surface area contributed by atoms with Crippen molar-refractivity contribution in [3.63, 3.8) is 0 Å². The van der Waals surface area contributed by atoms with Gasteiger partial charge in [0.25, 0.3) is 0 Å². The normalized spacial score (nSPS) is 25.4. The van der Waals surface area contributed by atoms with Crippen LogP contribution >= 0.6 is 0 Å². The van der Waals surface area contributed by atoms with E-state index in [0.29, 0.717) is 11.6 Å². The number of benzene rings is 1. The van der Waals surface area contributed by atoms with Gasteiger partial charge in [0.05, 0.1) is 17.7 Å². The fourth-order valence-electron chi connectivity index (χ4n) is 2.59. The van der Waals surface area contributed by atoms with Gasteiger partial charge in [0.2, 0.25) is 0 Å². The summed E-state index contributed by atoms with van der Waals surface area (Å²) in [5.41, 5.74) is 1.53. The second-order valence-corrected chi connectivity index (χ2v) is 5.27. The lowest BCUT2D eigenvalue weighted by molar-refractivity contribution is 0.138. The summed E-state index contributed by atoms with van der Waals surface area (Å²) < 4.78 is 0. The number of aliphatic hydroxyl groups is 1. The molecule has 0 saturated carbocycles. The summed E-state index contributed by atoms with van der Waals surface area (Å²) >= 11 is 0. The van der Waals surface area contributed by atoms with Crippen molar-refractivity contribution >= 4 is 0 Å². The predicted octanol–water partition coefficient (Wildman–Crippen LogP) is 2.37. The zero-order valence-electron chi connectivity index (χ0n) is 10.8. The Morgan fingerprint density at radius 3 is 2.78 bits per heavy atom. The minimum atomic E-state index is -0.444. The minimum Gasteiger partial charge on any atom is -0.388 e. The Balaban J connectivity index is 1.94. The molecule has 1 aliphatic heterocycles. The van der Waals surface area contributed by atoms with E-state index in [9.17, 15) is 5.11 Å². The molecule has 2 rings (SSSR count). The minimum absolute atomic E-state index is 0.402. The highest BCUT2D eigenvalue weighted by Crippen LogP contribution is 2.24. The quantitative estimate of drug-likeness (QED) is 0.858. The van der Waals surface area contributed by atoms with Crippen LogP contribution in [0.2, 0.25) is 0 Å². The maximum absolute atomic E-state index is 10.2. The van der Waals surface area contributed by atoms with E-state index >= 15 is 0 Å². The fraction of sp³-hybridized carbons (Fsp3) is 0.533. The zero-order valence-corrected chi connectivity index (χ0v) is 10.8. The smallest absolute Gasteiger partial charge is 0.0991 e. The van der Waals surface area contributed by atoms with Gasteiger partial charge in [-0.15, -0.1) is 0 Å². The lowest BCUT2D eigenvalue weighted by atomic mass is 9.90. The van der Waals surface area contributed by atoms with E-state index in [1.54, 1.807) is 12.1 Å². The van der Waals surface area contributed by atoms with E-state index in [-0.39, 0.29) is 0 Å². The molecule has 18 heavy (non-hydrogen) atoms. The third kappa shape index (κ3) is 3.32. The zero-order chi connectivity index (χ0) is 13.0. The number of nitrogens with one attached hydrogen (secondary N) is 1. The van der Waals surface area contributed by atoms with Gasteiger partial charge in [-0.1, -0.05) is 19.1 Å². The largest absolute Gasteiger partial charge is 0.388 e. The van der Waals surface area contributed by atoms with Crippen LogP contribution in [-0.2, 0) is 0 Å². The lowest BCUT2D eigenvalue weighted by Crippen LogP contribution is -2.38. The number of hydrogen-bond donors (Lipinski definition) is 2. The molecule has 3 heteroatoms. The first-order valence-electron chi connectivity index (χ1n) is 6.60. The summed E-state index contributed by atoms with van der Waals surface area (Å²) in [6.07, 6.45) is 2.66. The molecule has 1 aromatic carbocycles. The maximum atomic E-state index is 10.2. The van der Waals surface area contributed by atoms with E-state index < -0.39 is 6.10 Å². The first kappa shape index (κ1) is 13.1. The van der Waals surface area contributed by atoms with E-state index in [2.05, 4.69) is 18.3 Å². The Bertz CT molecular complexity index is 421. The molecular formula is C15H20N2O. The SMILES string of the molecule is CC1CCNC(CC(O)c2ccc(C#N)cc2)C1. The van der Waals surface area contributed by atoms with Gasteiger partial charge in [-0.2, -0.15) is 5.26 Å². The standard InChI is InChI=1S/C15H20N2O/c1-11-6-7-17-14(8-11)9-15(18)13-4-2-12(10-16)3-5-13/h2-5,11,14-15,17-18H,6-9H2,1H3. The van der Waals surface area contributed by atoms with Crippen LogP contribution in [0.15, 0.2) is 24.3 Å². The lowest BCUT2D eigenvalue weighted by Gasteiger charge is -2.29. The molecule has 96 valence electrons. The number of nitriles is 1. The predicted molar refractivity (Wildman–Crippen MR) is 70.9 cm³/mol. The second-order valence-electron chi connectivity index (χ2n) is 5.27. The molecule has 0 bridgehead atoms. The van der Waals surface area contributed by atoms with Crippen molar-refractivity contribution in [1.29, 1.82) is 5.26 Å². The topological polar surface area (TPSA) is 56.0 Å². The summed E-state index contributed by atoms with van der Waals surface area (Å²) in [6.45, 7) is 3.31. The van der Waals surface area contributed by atoms with E-state index in [1.807, 2.05) is 12.1 Å². The first-order valence-corrected chi connectivity index (χ1v) is 6.60. The van der Waals surface area contributed by atoms with Crippen LogP contribution in [0.25, 0.3) is 0 Å². The molecule has 1 fully saturated rings. The van der Waals surface area contributed by atoms with Crippen LogP contribution in [0, 0.1) is 17.2 Å². The molecule has 0 radical (unpaired) electrons. The van der Waals surface area contributed by atoms with Crippen LogP contribution in [0.4, 0.5) is 0 Å². The number of piperidine rings is 1. The molecule has 1 aliphatic rings. The summed E-state index contributed by atoms with van der Waals surface area (Å²) in [4.78, 5) is 0. The van der Waals surface area contributed by atoms with Crippen molar-refractivity contribution in [3.8, 4) is 6.07 Å². The third-order valence-corrected chi connectivity index (χ3v) is 3.69. The van der Waals surface area contributed by atoms with E-state index in [4.69, 9.17) is 5.26 Å². The summed E-state index contributed by atoms with van der Waals surface area (Å²) in [6, 6.07) is 9.69. The number of rotatable bonds is 3. The molecule has 0 amide bonds. The Kier molecular flexibility index (Phi) is 4.35. The van der Waals surface area contributed by atoms with Gasteiger partial charge < -0.3 is 10.4 Å². The maximum Gasteiger partial charge on any atom is 0.0991 e. The highest BCUT2D eigenvalue weighted by molar-refractivity contribution is 5.32. The molecule has 0 aromatic heterocycles. The van der Waals surface area contributed by atoms with Crippen LogP contribution in [-0.4, -0.2) is 17.7 Å². The number of nitrogens with zero attached hydrogens (tertiary/aromatic N) is 1. The van der Waals surface area contributed by atoms with Gasteiger partial charge in [0.15, 0.2) is 0 Å². The molecule has 2 N–H and O–H groups in total. The molecule has 0 aliphatic carbocycles. The average molecular weight is 244 g/mol. The summed E-state index contributed by atoms with van der Waals surface area (Å²) in [5.74, 6) is 0.740. The third-order valence-electron chi connectivity index (χ3n) is 3.69. The molecular weight excluding hydrogens is 224 g/mol. The monoisotopic (exact) mass is 244 g/mol. The van der Waals surface area contributed by atoms with Crippen molar-refractivity contribution in [2.24, 2.45) is 5.92 Å². The van der Waals surface area contributed by atoms with Crippen molar-refractivity contribution in [1.82, 2.24) is 5.32 Å². The first-order chi connectivity index (χ1) is 8.69. The highest BCUT2D eigenvalue weighted by atomic mass is 16.3. The molecule has 0 spiro atoms. The van der Waals surface area contributed by atoms with Crippen LogP contribution < -0.4 is 5.32 Å². The second kappa shape index (κ2) is 5.99. The van der Waals surface area contributed by atoms with E-state index in [0.717, 1.165) is 30.9 Å². The summed E-state index contributed by atoms with van der Waals surface area (Å²) in [7, 11) is 0. The fourth-order valence-corrected chi connectivity index (χ4v) is 2.59. The van der Waals surface area contributed by atoms with Crippen molar-refractivity contribution < 1.29 is 5.11 Å². The Hall–Kier alpha value is -1.37. The highest BCUT2D eigenvalue weighted by Gasteiger charge is 2.21. The Morgan fingerprint density at radius 2 is 2.17 bits per heavy atom. The summed E-state index contributed by atoms with van der Waals surface area (Å²) in [5, 5.41) is 22.4. The van der Waals surface area contributed by atoms with Crippen molar-refractivity contribution in [2.75, 3.05) is 6.54 Å². The van der Waals surface area contributed by atoms with Gasteiger partial charge in [-0.05, 0) is 49.4 Å². The number of aliphatic hydroxyl groups excluding tert-OH is 1. The molecule has 1 saturated heterocycles. The Morgan fingerprint density at radius 1 is 1.44 bits per heavy atom. The molecule has 3 nitrogen and oxygen atoms in total. The van der Waals surface area contributed by atoms with Crippen molar-refractivity contribution in [3.05, 3.63) is 35.4 Å². The van der Waals surface area contributed by atoms with Crippen LogP contribution in [0.1, 0.15) is 43.4 Å².